The van der Waals surface area contributed by atoms with E-state index in [1.807, 2.05) is 12.1 Å². The number of halogens is 2. The third-order valence-corrected chi connectivity index (χ3v) is 3.46. The van der Waals surface area contributed by atoms with Crippen molar-refractivity contribution in [2.75, 3.05) is 46.6 Å². The zero-order valence-corrected chi connectivity index (χ0v) is 18.2. The van der Waals surface area contributed by atoms with Crippen LogP contribution in [0, 0.1) is 0 Å². The van der Waals surface area contributed by atoms with Gasteiger partial charge in [-0.15, -0.1) is 24.0 Å². The van der Waals surface area contributed by atoms with E-state index in [1.165, 1.54) is 0 Å². The molecule has 0 atom stereocenters. The van der Waals surface area contributed by atoms with Crippen LogP contribution in [0.1, 0.15) is 25.3 Å². The first kappa shape index (κ1) is 24.4. The number of ether oxygens (including phenoxy) is 2. The molecule has 1 aromatic rings. The molecule has 0 saturated heterocycles. The number of nitrogens with zero attached hydrogens (tertiary/aromatic N) is 2. The van der Waals surface area contributed by atoms with Gasteiger partial charge in [0.05, 0.1) is 13.2 Å². The molecule has 1 aromatic heterocycles. The number of guanidine groups is 1. The summed E-state index contributed by atoms with van der Waals surface area (Å²) in [6.07, 6.45) is 4.69. The fourth-order valence-corrected chi connectivity index (χ4v) is 2.08. The molecule has 0 aliphatic heterocycles. The van der Waals surface area contributed by atoms with Gasteiger partial charge in [0.1, 0.15) is 5.15 Å². The van der Waals surface area contributed by atoms with Crippen LogP contribution in [0.5, 0.6) is 0 Å². The number of hydrogen-bond donors (Lipinski definition) is 2. The number of hydrogen-bond acceptors (Lipinski definition) is 4. The lowest BCUT2D eigenvalue weighted by molar-refractivity contribution is 0.0690. The predicted molar refractivity (Wildman–Crippen MR) is 114 cm³/mol. The Hall–Kier alpha value is -0.640. The highest BCUT2D eigenvalue weighted by atomic mass is 127. The summed E-state index contributed by atoms with van der Waals surface area (Å²) in [5, 5.41) is 7.11. The van der Waals surface area contributed by atoms with E-state index in [0.29, 0.717) is 18.4 Å². The Bertz CT molecular complexity index is 460. The van der Waals surface area contributed by atoms with E-state index < -0.39 is 0 Å². The monoisotopic (exact) mass is 484 g/mol. The van der Waals surface area contributed by atoms with Gasteiger partial charge in [-0.05, 0) is 37.8 Å². The molecular weight excluding hydrogens is 455 g/mol. The molecular formula is C17H30ClIN4O2. The van der Waals surface area contributed by atoms with Crippen LogP contribution in [0.3, 0.4) is 0 Å². The van der Waals surface area contributed by atoms with E-state index in [2.05, 4.69) is 27.5 Å². The smallest absolute Gasteiger partial charge is 0.191 e. The first-order valence-electron chi connectivity index (χ1n) is 8.45. The minimum atomic E-state index is 0. The normalized spacial score (nSPS) is 11.1. The van der Waals surface area contributed by atoms with Crippen LogP contribution in [0.4, 0.5) is 0 Å². The Morgan fingerprint density at radius 1 is 1.20 bits per heavy atom. The van der Waals surface area contributed by atoms with Gasteiger partial charge in [-0.3, -0.25) is 4.99 Å². The first-order chi connectivity index (χ1) is 11.8. The van der Waals surface area contributed by atoms with E-state index in [-0.39, 0.29) is 24.0 Å². The van der Waals surface area contributed by atoms with Gasteiger partial charge in [0, 0.05) is 39.5 Å². The van der Waals surface area contributed by atoms with Crippen molar-refractivity contribution >= 4 is 41.5 Å². The molecule has 0 aromatic carbocycles. The molecule has 0 fully saturated rings. The van der Waals surface area contributed by atoms with E-state index in [9.17, 15) is 0 Å². The van der Waals surface area contributed by atoms with Gasteiger partial charge in [-0.25, -0.2) is 4.98 Å². The maximum atomic E-state index is 5.78. The topological polar surface area (TPSA) is 67.8 Å². The van der Waals surface area contributed by atoms with Crippen molar-refractivity contribution in [1.82, 2.24) is 15.6 Å². The average molecular weight is 485 g/mol. The van der Waals surface area contributed by atoms with Crippen molar-refractivity contribution in [3.8, 4) is 0 Å². The number of aromatic nitrogens is 1. The minimum Gasteiger partial charge on any atom is -0.382 e. The maximum Gasteiger partial charge on any atom is 0.191 e. The molecule has 8 heteroatoms. The quantitative estimate of drug-likeness (QED) is 0.157. The summed E-state index contributed by atoms with van der Waals surface area (Å²) in [7, 11) is 1.68. The van der Waals surface area contributed by atoms with Crippen LogP contribution in [-0.4, -0.2) is 57.5 Å². The number of nitrogens with one attached hydrogen (secondary N) is 2. The summed E-state index contributed by atoms with van der Waals surface area (Å²) in [5.74, 6) is 0.847. The van der Waals surface area contributed by atoms with Crippen LogP contribution < -0.4 is 10.6 Å². The van der Waals surface area contributed by atoms with Crippen molar-refractivity contribution in [1.29, 1.82) is 0 Å². The second-order valence-corrected chi connectivity index (χ2v) is 5.63. The molecule has 0 aliphatic carbocycles. The molecule has 0 amide bonds. The molecule has 2 N–H and O–H groups in total. The Balaban J connectivity index is 0.00000576. The number of methoxy groups -OCH3 is 1. The van der Waals surface area contributed by atoms with E-state index in [4.69, 9.17) is 21.1 Å². The summed E-state index contributed by atoms with van der Waals surface area (Å²) >= 11 is 5.78. The lowest BCUT2D eigenvalue weighted by atomic mass is 10.2. The minimum absolute atomic E-state index is 0. The Morgan fingerprint density at radius 2 is 2.04 bits per heavy atom. The first-order valence-corrected chi connectivity index (χ1v) is 8.83. The van der Waals surface area contributed by atoms with Crippen molar-refractivity contribution in [3.63, 3.8) is 0 Å². The molecule has 0 unspecified atom stereocenters. The van der Waals surface area contributed by atoms with Crippen molar-refractivity contribution in [2.24, 2.45) is 4.99 Å². The summed E-state index contributed by atoms with van der Waals surface area (Å²) in [5.41, 5.74) is 1.15. The number of pyridine rings is 1. The zero-order chi connectivity index (χ0) is 17.5. The number of rotatable bonds is 12. The summed E-state index contributed by atoms with van der Waals surface area (Å²) in [6, 6.07) is 3.80. The molecule has 1 heterocycles. The van der Waals surface area contributed by atoms with Crippen molar-refractivity contribution < 1.29 is 9.47 Å². The Morgan fingerprint density at radius 3 is 2.72 bits per heavy atom. The van der Waals surface area contributed by atoms with Crippen LogP contribution in [0.25, 0.3) is 0 Å². The predicted octanol–water partition coefficient (Wildman–Crippen LogP) is 2.89. The van der Waals surface area contributed by atoms with Crippen LogP contribution in [0.15, 0.2) is 23.3 Å². The number of aliphatic imine (C=N–C) groups is 1. The molecule has 0 spiro atoms. The van der Waals surface area contributed by atoms with Crippen molar-refractivity contribution in [3.05, 3.63) is 29.0 Å². The Labute approximate surface area is 173 Å². The van der Waals surface area contributed by atoms with E-state index in [1.54, 1.807) is 13.3 Å². The molecule has 0 saturated carbocycles. The molecule has 0 aliphatic rings. The number of unbranched alkanes of at least 4 members (excludes halogenated alkanes) is 1. The van der Waals surface area contributed by atoms with Crippen LogP contribution in [-0.2, 0) is 15.9 Å². The van der Waals surface area contributed by atoms with Gasteiger partial charge < -0.3 is 20.1 Å². The molecule has 25 heavy (non-hydrogen) atoms. The Kier molecular flexibility index (Phi) is 16.4. The summed E-state index contributed by atoms with van der Waals surface area (Å²) in [6.45, 7) is 6.55. The third kappa shape index (κ3) is 13.3. The highest BCUT2D eigenvalue weighted by molar-refractivity contribution is 14.0. The fraction of sp³-hybridized carbons (Fsp3) is 0.647. The average Bonchev–Trinajstić information content (AvgIpc) is 2.59. The van der Waals surface area contributed by atoms with Crippen LogP contribution in [0.2, 0.25) is 5.15 Å². The highest BCUT2D eigenvalue weighted by Crippen LogP contribution is 2.05. The SMILES string of the molecule is CCNC(=NCCCCOCCOC)NCCc1ccc(Cl)nc1.I. The largest absolute Gasteiger partial charge is 0.382 e. The second-order valence-electron chi connectivity index (χ2n) is 5.24. The van der Waals surface area contributed by atoms with Gasteiger partial charge in [0.2, 0.25) is 0 Å². The van der Waals surface area contributed by atoms with E-state index in [0.717, 1.165) is 57.0 Å². The van der Waals surface area contributed by atoms with E-state index >= 15 is 0 Å². The lowest BCUT2D eigenvalue weighted by Crippen LogP contribution is -2.38. The molecule has 144 valence electrons. The van der Waals surface area contributed by atoms with Gasteiger partial charge in [-0.1, -0.05) is 17.7 Å². The lowest BCUT2D eigenvalue weighted by Gasteiger charge is -2.11. The molecule has 6 nitrogen and oxygen atoms in total. The summed E-state index contributed by atoms with van der Waals surface area (Å²) in [4.78, 5) is 8.65. The maximum absolute atomic E-state index is 5.78. The van der Waals surface area contributed by atoms with Gasteiger partial charge >= 0.3 is 0 Å². The van der Waals surface area contributed by atoms with Gasteiger partial charge in [0.15, 0.2) is 5.96 Å². The standard InChI is InChI=1S/C17H29ClN4O2.HI/c1-3-19-17(20-9-4-5-11-24-13-12-23-2)21-10-8-15-6-7-16(18)22-14-15;/h6-7,14H,3-5,8-13H2,1-2H3,(H2,19,20,21);1H. The zero-order valence-electron chi connectivity index (χ0n) is 15.1. The second kappa shape index (κ2) is 16.8. The highest BCUT2D eigenvalue weighted by Gasteiger charge is 1.98. The van der Waals surface area contributed by atoms with Gasteiger partial charge in [0.25, 0.3) is 0 Å². The molecule has 1 rings (SSSR count). The molecule has 0 bridgehead atoms. The van der Waals surface area contributed by atoms with Crippen LogP contribution >= 0.6 is 35.6 Å². The van der Waals surface area contributed by atoms with Crippen molar-refractivity contribution in [2.45, 2.75) is 26.2 Å². The fourth-order valence-electron chi connectivity index (χ4n) is 1.97. The van der Waals surface area contributed by atoms with Gasteiger partial charge in [-0.2, -0.15) is 0 Å². The third-order valence-electron chi connectivity index (χ3n) is 3.24. The molecule has 0 radical (unpaired) electrons. The summed E-state index contributed by atoms with van der Waals surface area (Å²) < 4.78 is 10.4.